The third kappa shape index (κ3) is 2.51. The molecule has 5 heteroatoms. The molecule has 1 aromatic heterocycles. The molecule has 0 radical (unpaired) electrons. The normalized spacial score (nSPS) is 23.2. The number of carbonyl (C=O) groups is 1. The second kappa shape index (κ2) is 5.26. The summed E-state index contributed by atoms with van der Waals surface area (Å²) in [4.78, 5) is 18.3. The number of halogens is 1. The predicted octanol–water partition coefficient (Wildman–Crippen LogP) is 2.40. The first-order chi connectivity index (χ1) is 8.52. The lowest BCUT2D eigenvalue weighted by molar-refractivity contribution is -0.145. The van der Waals surface area contributed by atoms with Crippen LogP contribution < -0.4 is 4.90 Å². The smallest absolute Gasteiger partial charge is 0.310 e. The van der Waals surface area contributed by atoms with Crippen molar-refractivity contribution in [2.75, 3.05) is 25.1 Å². The molecule has 18 heavy (non-hydrogen) atoms. The van der Waals surface area contributed by atoms with Crippen LogP contribution in [0.5, 0.6) is 0 Å². The van der Waals surface area contributed by atoms with Crippen molar-refractivity contribution in [3.8, 4) is 0 Å². The first-order valence-electron chi connectivity index (χ1n) is 5.98. The maximum atomic E-state index is 11.7. The summed E-state index contributed by atoms with van der Waals surface area (Å²) in [6.07, 6.45) is 1.79. The Morgan fingerprint density at radius 2 is 2.28 bits per heavy atom. The van der Waals surface area contributed by atoms with Crippen molar-refractivity contribution in [2.24, 2.45) is 11.8 Å². The first-order valence-corrected chi connectivity index (χ1v) is 6.77. The second-order valence-electron chi connectivity index (χ2n) is 4.81. The van der Waals surface area contributed by atoms with Crippen LogP contribution in [0.4, 0.5) is 5.82 Å². The second-order valence-corrected chi connectivity index (χ2v) is 5.72. The number of methoxy groups -OCH3 is 1. The fourth-order valence-electron chi connectivity index (χ4n) is 2.46. The molecule has 0 amide bonds. The van der Waals surface area contributed by atoms with Gasteiger partial charge in [0.2, 0.25) is 0 Å². The van der Waals surface area contributed by atoms with Crippen molar-refractivity contribution in [3.05, 3.63) is 22.3 Å². The molecular formula is C13H17BrN2O2. The van der Waals surface area contributed by atoms with Crippen molar-refractivity contribution < 1.29 is 9.53 Å². The van der Waals surface area contributed by atoms with Gasteiger partial charge in [-0.25, -0.2) is 4.98 Å². The van der Waals surface area contributed by atoms with Gasteiger partial charge in [0, 0.05) is 23.8 Å². The number of rotatable bonds is 2. The van der Waals surface area contributed by atoms with Gasteiger partial charge < -0.3 is 9.64 Å². The van der Waals surface area contributed by atoms with E-state index in [0.717, 1.165) is 22.4 Å². The van der Waals surface area contributed by atoms with Gasteiger partial charge in [0.05, 0.1) is 13.0 Å². The third-order valence-electron chi connectivity index (χ3n) is 3.43. The van der Waals surface area contributed by atoms with Crippen LogP contribution >= 0.6 is 15.9 Å². The van der Waals surface area contributed by atoms with E-state index in [9.17, 15) is 4.79 Å². The maximum absolute atomic E-state index is 11.7. The van der Waals surface area contributed by atoms with Gasteiger partial charge in [0.1, 0.15) is 5.82 Å². The fourth-order valence-corrected chi connectivity index (χ4v) is 2.91. The summed E-state index contributed by atoms with van der Waals surface area (Å²) >= 11 is 3.41. The van der Waals surface area contributed by atoms with Gasteiger partial charge >= 0.3 is 5.97 Å². The van der Waals surface area contributed by atoms with Crippen LogP contribution in [0.1, 0.15) is 12.5 Å². The zero-order valence-corrected chi connectivity index (χ0v) is 12.4. The third-order valence-corrected chi connectivity index (χ3v) is 3.87. The number of aromatic nitrogens is 1. The van der Waals surface area contributed by atoms with Gasteiger partial charge in [-0.3, -0.25) is 4.79 Å². The van der Waals surface area contributed by atoms with E-state index < -0.39 is 0 Å². The van der Waals surface area contributed by atoms with Crippen LogP contribution in [0.25, 0.3) is 0 Å². The van der Waals surface area contributed by atoms with E-state index in [2.05, 4.69) is 32.7 Å². The highest BCUT2D eigenvalue weighted by atomic mass is 79.9. The van der Waals surface area contributed by atoms with Crippen molar-refractivity contribution in [2.45, 2.75) is 13.8 Å². The molecule has 2 unspecified atom stereocenters. The Hall–Kier alpha value is -1.10. The fraction of sp³-hybridized carbons (Fsp3) is 0.538. The molecule has 0 saturated carbocycles. The molecule has 98 valence electrons. The molecule has 0 aliphatic carbocycles. The quantitative estimate of drug-likeness (QED) is 0.786. The molecule has 0 spiro atoms. The lowest BCUT2D eigenvalue weighted by Gasteiger charge is -2.19. The van der Waals surface area contributed by atoms with E-state index in [1.54, 1.807) is 6.20 Å². The van der Waals surface area contributed by atoms with Crippen molar-refractivity contribution in [3.63, 3.8) is 0 Å². The number of anilines is 1. The molecule has 1 aliphatic heterocycles. The molecule has 2 heterocycles. The number of hydrogen-bond acceptors (Lipinski definition) is 4. The topological polar surface area (TPSA) is 42.4 Å². The standard InChI is InChI=1S/C13H17BrN2O2/c1-8-4-10(14)5-15-12(8)16-6-9(2)11(7-16)13(17)18-3/h4-5,9,11H,6-7H2,1-3H3. The molecule has 0 N–H and O–H groups in total. The van der Waals surface area contributed by atoms with Crippen LogP contribution in [-0.2, 0) is 9.53 Å². The monoisotopic (exact) mass is 312 g/mol. The summed E-state index contributed by atoms with van der Waals surface area (Å²) in [6.45, 7) is 5.64. The lowest BCUT2D eigenvalue weighted by Crippen LogP contribution is -2.25. The Labute approximate surface area is 115 Å². The number of hydrogen-bond donors (Lipinski definition) is 0. The minimum Gasteiger partial charge on any atom is -0.469 e. The number of aryl methyl sites for hydroxylation is 1. The summed E-state index contributed by atoms with van der Waals surface area (Å²) in [5.74, 6) is 1.07. The van der Waals surface area contributed by atoms with E-state index in [1.807, 2.05) is 13.0 Å². The Morgan fingerprint density at radius 1 is 1.56 bits per heavy atom. The van der Waals surface area contributed by atoms with Crippen molar-refractivity contribution in [1.29, 1.82) is 0 Å². The minimum absolute atomic E-state index is 0.0557. The van der Waals surface area contributed by atoms with Crippen LogP contribution in [0.15, 0.2) is 16.7 Å². The van der Waals surface area contributed by atoms with E-state index in [0.29, 0.717) is 12.5 Å². The first kappa shape index (κ1) is 13.3. The largest absolute Gasteiger partial charge is 0.469 e. The number of pyridine rings is 1. The summed E-state index contributed by atoms with van der Waals surface area (Å²) < 4.78 is 5.82. The molecule has 2 atom stereocenters. The Morgan fingerprint density at radius 3 is 2.89 bits per heavy atom. The Bertz CT molecular complexity index is 464. The van der Waals surface area contributed by atoms with Crippen LogP contribution in [0.3, 0.4) is 0 Å². The molecule has 1 fully saturated rings. The predicted molar refractivity (Wildman–Crippen MR) is 73.6 cm³/mol. The van der Waals surface area contributed by atoms with Gasteiger partial charge in [-0.2, -0.15) is 0 Å². The average Bonchev–Trinajstić information content (AvgIpc) is 2.70. The van der Waals surface area contributed by atoms with Crippen LogP contribution in [0, 0.1) is 18.8 Å². The summed E-state index contributed by atoms with van der Waals surface area (Å²) in [7, 11) is 1.45. The summed E-state index contributed by atoms with van der Waals surface area (Å²) in [5.41, 5.74) is 1.11. The maximum Gasteiger partial charge on any atom is 0.310 e. The minimum atomic E-state index is -0.125. The summed E-state index contributed by atoms with van der Waals surface area (Å²) in [6, 6.07) is 2.04. The Balaban J connectivity index is 2.19. The highest BCUT2D eigenvalue weighted by Gasteiger charge is 2.36. The number of ether oxygens (including phenoxy) is 1. The van der Waals surface area contributed by atoms with Gasteiger partial charge in [-0.05, 0) is 40.4 Å². The van der Waals surface area contributed by atoms with E-state index >= 15 is 0 Å². The highest BCUT2D eigenvalue weighted by molar-refractivity contribution is 9.10. The lowest BCUT2D eigenvalue weighted by atomic mass is 9.99. The average molecular weight is 313 g/mol. The molecule has 1 saturated heterocycles. The Kier molecular flexibility index (Phi) is 3.90. The molecule has 0 aromatic carbocycles. The van der Waals surface area contributed by atoms with E-state index in [-0.39, 0.29) is 11.9 Å². The number of nitrogens with zero attached hydrogens (tertiary/aromatic N) is 2. The van der Waals surface area contributed by atoms with Gasteiger partial charge in [0.15, 0.2) is 0 Å². The number of esters is 1. The van der Waals surface area contributed by atoms with Crippen LogP contribution in [0.2, 0.25) is 0 Å². The summed E-state index contributed by atoms with van der Waals surface area (Å²) in [5, 5.41) is 0. The zero-order chi connectivity index (χ0) is 13.3. The van der Waals surface area contributed by atoms with Crippen molar-refractivity contribution >= 4 is 27.7 Å². The number of carbonyl (C=O) groups excluding carboxylic acids is 1. The van der Waals surface area contributed by atoms with E-state index in [4.69, 9.17) is 4.74 Å². The SMILES string of the molecule is COC(=O)C1CN(c2ncc(Br)cc2C)CC1C. The molecule has 2 rings (SSSR count). The van der Waals surface area contributed by atoms with Gasteiger partial charge in [-0.1, -0.05) is 6.92 Å². The van der Waals surface area contributed by atoms with Crippen LogP contribution in [-0.4, -0.2) is 31.2 Å². The molecule has 0 bridgehead atoms. The van der Waals surface area contributed by atoms with Gasteiger partial charge in [-0.15, -0.1) is 0 Å². The molecule has 1 aromatic rings. The molecule has 4 nitrogen and oxygen atoms in total. The van der Waals surface area contributed by atoms with Gasteiger partial charge in [0.25, 0.3) is 0 Å². The van der Waals surface area contributed by atoms with E-state index in [1.165, 1.54) is 7.11 Å². The molecular weight excluding hydrogens is 296 g/mol. The van der Waals surface area contributed by atoms with Crippen molar-refractivity contribution in [1.82, 2.24) is 4.98 Å². The molecule has 1 aliphatic rings. The zero-order valence-electron chi connectivity index (χ0n) is 10.8. The highest BCUT2D eigenvalue weighted by Crippen LogP contribution is 2.30.